The zero-order valence-corrected chi connectivity index (χ0v) is 10.1. The molecule has 2 aromatic heterocycles. The van der Waals surface area contributed by atoms with Crippen LogP contribution in [-0.2, 0) is 0 Å². The normalized spacial score (nSPS) is 13.9. The van der Waals surface area contributed by atoms with E-state index in [2.05, 4.69) is 16.7 Å². The Hall–Kier alpha value is -2.30. The standard InChI is InChI=1S/C13H13N3O2/c1-9-7-13(18-15-9)10(2)16-5-6-17-12-3-4-14-8-11(12)16/h3-4,7-8H,2,5-6H2,1H3. The van der Waals surface area contributed by atoms with Gasteiger partial charge < -0.3 is 14.2 Å². The molecule has 0 amide bonds. The molecule has 0 saturated carbocycles. The van der Waals surface area contributed by atoms with Gasteiger partial charge in [-0.15, -0.1) is 0 Å². The van der Waals surface area contributed by atoms with Crippen molar-refractivity contribution in [3.63, 3.8) is 0 Å². The first-order chi connectivity index (χ1) is 8.75. The third-order valence-corrected chi connectivity index (χ3v) is 2.86. The van der Waals surface area contributed by atoms with Gasteiger partial charge in [0.15, 0.2) is 5.76 Å². The summed E-state index contributed by atoms with van der Waals surface area (Å²) in [6.07, 6.45) is 3.48. The predicted molar refractivity (Wildman–Crippen MR) is 67.4 cm³/mol. The number of hydrogen-bond donors (Lipinski definition) is 0. The molecule has 0 bridgehead atoms. The van der Waals surface area contributed by atoms with Crippen LogP contribution in [0.3, 0.4) is 0 Å². The molecule has 3 rings (SSSR count). The number of nitrogens with zero attached hydrogens (tertiary/aromatic N) is 3. The first kappa shape index (κ1) is 10.8. The van der Waals surface area contributed by atoms with Crippen molar-refractivity contribution in [2.24, 2.45) is 0 Å². The van der Waals surface area contributed by atoms with Crippen molar-refractivity contribution in [3.05, 3.63) is 42.6 Å². The fourth-order valence-corrected chi connectivity index (χ4v) is 1.98. The number of pyridine rings is 1. The Morgan fingerprint density at radius 3 is 3.17 bits per heavy atom. The quantitative estimate of drug-likeness (QED) is 0.809. The zero-order chi connectivity index (χ0) is 12.5. The number of rotatable bonds is 2. The highest BCUT2D eigenvalue weighted by Gasteiger charge is 2.22. The summed E-state index contributed by atoms with van der Waals surface area (Å²) < 4.78 is 10.8. The Morgan fingerprint density at radius 2 is 2.39 bits per heavy atom. The zero-order valence-electron chi connectivity index (χ0n) is 10.1. The molecule has 0 fully saturated rings. The molecule has 1 aliphatic heterocycles. The number of aryl methyl sites for hydroxylation is 1. The average molecular weight is 243 g/mol. The molecular formula is C13H13N3O2. The predicted octanol–water partition coefficient (Wildman–Crippen LogP) is 2.25. The third-order valence-electron chi connectivity index (χ3n) is 2.86. The van der Waals surface area contributed by atoms with E-state index in [1.807, 2.05) is 24.0 Å². The highest BCUT2D eigenvalue weighted by atomic mass is 16.5. The summed E-state index contributed by atoms with van der Waals surface area (Å²) >= 11 is 0. The van der Waals surface area contributed by atoms with E-state index in [0.717, 1.165) is 29.4 Å². The topological polar surface area (TPSA) is 51.4 Å². The van der Waals surface area contributed by atoms with Crippen molar-refractivity contribution in [2.45, 2.75) is 6.92 Å². The maximum atomic E-state index is 5.58. The van der Waals surface area contributed by atoms with E-state index in [0.29, 0.717) is 12.4 Å². The molecule has 3 heterocycles. The van der Waals surface area contributed by atoms with E-state index in [1.54, 1.807) is 12.4 Å². The van der Waals surface area contributed by atoms with Crippen LogP contribution in [0.15, 0.2) is 35.6 Å². The second kappa shape index (κ2) is 4.18. The lowest BCUT2D eigenvalue weighted by Gasteiger charge is -2.30. The Labute approximate surface area is 105 Å². The number of aromatic nitrogens is 2. The van der Waals surface area contributed by atoms with Gasteiger partial charge in [-0.05, 0) is 6.92 Å². The fourth-order valence-electron chi connectivity index (χ4n) is 1.98. The van der Waals surface area contributed by atoms with Gasteiger partial charge in [-0.25, -0.2) is 0 Å². The molecule has 0 saturated heterocycles. The van der Waals surface area contributed by atoms with Crippen LogP contribution in [0, 0.1) is 6.92 Å². The number of anilines is 1. The van der Waals surface area contributed by atoms with Crippen LogP contribution >= 0.6 is 0 Å². The minimum Gasteiger partial charge on any atom is -0.489 e. The summed E-state index contributed by atoms with van der Waals surface area (Å²) in [7, 11) is 0. The molecule has 0 aromatic carbocycles. The largest absolute Gasteiger partial charge is 0.489 e. The molecule has 0 N–H and O–H groups in total. The molecule has 1 aliphatic rings. The summed E-state index contributed by atoms with van der Waals surface area (Å²) in [4.78, 5) is 6.15. The highest BCUT2D eigenvalue weighted by Crippen LogP contribution is 2.34. The van der Waals surface area contributed by atoms with E-state index < -0.39 is 0 Å². The van der Waals surface area contributed by atoms with Crippen LogP contribution in [-0.4, -0.2) is 23.3 Å². The fraction of sp³-hybridized carbons (Fsp3) is 0.231. The Bertz CT molecular complexity index is 591. The summed E-state index contributed by atoms with van der Waals surface area (Å²) in [6.45, 7) is 7.29. The molecule has 0 aliphatic carbocycles. The van der Waals surface area contributed by atoms with Crippen molar-refractivity contribution in [1.29, 1.82) is 0 Å². The van der Waals surface area contributed by atoms with Crippen LogP contribution in [0.1, 0.15) is 11.5 Å². The van der Waals surface area contributed by atoms with Crippen molar-refractivity contribution in [1.82, 2.24) is 10.1 Å². The lowest BCUT2D eigenvalue weighted by Crippen LogP contribution is -2.31. The van der Waals surface area contributed by atoms with Crippen LogP contribution in [0.4, 0.5) is 5.69 Å². The van der Waals surface area contributed by atoms with Crippen molar-refractivity contribution >= 4 is 11.4 Å². The average Bonchev–Trinajstić information content (AvgIpc) is 2.84. The smallest absolute Gasteiger partial charge is 0.182 e. The molecular weight excluding hydrogens is 230 g/mol. The molecule has 18 heavy (non-hydrogen) atoms. The van der Waals surface area contributed by atoms with Gasteiger partial charge in [-0.1, -0.05) is 11.7 Å². The Kier molecular flexibility index (Phi) is 2.51. The maximum absolute atomic E-state index is 5.58. The van der Waals surface area contributed by atoms with Crippen molar-refractivity contribution < 1.29 is 9.26 Å². The molecule has 0 spiro atoms. The summed E-state index contributed by atoms with van der Waals surface area (Å²) in [5.41, 5.74) is 2.52. The molecule has 92 valence electrons. The van der Waals surface area contributed by atoms with Gasteiger partial charge in [0.05, 0.1) is 24.1 Å². The molecule has 2 aromatic rings. The number of fused-ring (bicyclic) bond motifs is 1. The minimum absolute atomic E-state index is 0.614. The minimum atomic E-state index is 0.614. The molecule has 0 atom stereocenters. The summed E-state index contributed by atoms with van der Waals surface area (Å²) in [5.74, 6) is 1.48. The van der Waals surface area contributed by atoms with Gasteiger partial charge in [0.25, 0.3) is 0 Å². The van der Waals surface area contributed by atoms with Gasteiger partial charge in [0.2, 0.25) is 0 Å². The van der Waals surface area contributed by atoms with E-state index in [4.69, 9.17) is 9.26 Å². The second-order valence-electron chi connectivity index (χ2n) is 4.12. The van der Waals surface area contributed by atoms with E-state index >= 15 is 0 Å². The van der Waals surface area contributed by atoms with Gasteiger partial charge in [0, 0.05) is 18.3 Å². The van der Waals surface area contributed by atoms with E-state index in [-0.39, 0.29) is 0 Å². The first-order valence-electron chi connectivity index (χ1n) is 5.72. The Balaban J connectivity index is 1.96. The molecule has 0 unspecified atom stereocenters. The first-order valence-corrected chi connectivity index (χ1v) is 5.72. The number of ether oxygens (including phenoxy) is 1. The third kappa shape index (κ3) is 1.73. The molecule has 0 radical (unpaired) electrons. The monoisotopic (exact) mass is 243 g/mol. The Morgan fingerprint density at radius 1 is 1.50 bits per heavy atom. The van der Waals surface area contributed by atoms with Crippen LogP contribution in [0.2, 0.25) is 0 Å². The van der Waals surface area contributed by atoms with Gasteiger partial charge in [0.1, 0.15) is 18.0 Å². The number of hydrogen-bond acceptors (Lipinski definition) is 5. The van der Waals surface area contributed by atoms with Crippen LogP contribution in [0.5, 0.6) is 5.75 Å². The van der Waals surface area contributed by atoms with E-state index in [1.165, 1.54) is 0 Å². The lowest BCUT2D eigenvalue weighted by molar-refractivity contribution is 0.313. The second-order valence-corrected chi connectivity index (χ2v) is 4.12. The van der Waals surface area contributed by atoms with E-state index in [9.17, 15) is 0 Å². The summed E-state index contributed by atoms with van der Waals surface area (Å²) in [5, 5.41) is 3.88. The molecule has 5 heteroatoms. The van der Waals surface area contributed by atoms with Gasteiger partial charge in [-0.3, -0.25) is 4.98 Å². The SMILES string of the molecule is C=C(c1cc(C)no1)N1CCOc2ccncc21. The van der Waals surface area contributed by atoms with Gasteiger partial charge >= 0.3 is 0 Å². The van der Waals surface area contributed by atoms with Crippen LogP contribution in [0.25, 0.3) is 5.70 Å². The van der Waals surface area contributed by atoms with Crippen LogP contribution < -0.4 is 9.64 Å². The van der Waals surface area contributed by atoms with Crippen molar-refractivity contribution in [2.75, 3.05) is 18.1 Å². The lowest BCUT2D eigenvalue weighted by atomic mass is 10.2. The maximum Gasteiger partial charge on any atom is 0.182 e. The summed E-state index contributed by atoms with van der Waals surface area (Å²) in [6, 6.07) is 3.72. The van der Waals surface area contributed by atoms with Crippen molar-refractivity contribution in [3.8, 4) is 5.75 Å². The molecule has 5 nitrogen and oxygen atoms in total. The van der Waals surface area contributed by atoms with Gasteiger partial charge in [-0.2, -0.15) is 0 Å². The highest BCUT2D eigenvalue weighted by molar-refractivity contribution is 5.78.